The molecule has 3 aromatic heterocycles. The van der Waals surface area contributed by atoms with Crippen LogP contribution < -0.4 is 0 Å². The molecule has 0 saturated heterocycles. The first-order valence-corrected chi connectivity index (χ1v) is 10.5. The second-order valence-corrected chi connectivity index (χ2v) is 8.07. The average Bonchev–Trinajstić information content (AvgIpc) is 3.30. The lowest BCUT2D eigenvalue weighted by molar-refractivity contribution is 0.760. The van der Waals surface area contributed by atoms with Crippen LogP contribution in [0.25, 0.3) is 38.8 Å². The largest absolute Gasteiger partial charge is 0.316 e. The Balaban J connectivity index is 1.63. The molecule has 3 heterocycles. The molecule has 0 radical (unpaired) electrons. The molecular formula is C23H15ClN6S. The molecule has 0 unspecified atom stereocenters. The summed E-state index contributed by atoms with van der Waals surface area (Å²) in [5.74, 6) is 0.778. The van der Waals surface area contributed by atoms with Crippen molar-refractivity contribution in [2.24, 2.45) is 0 Å². The highest BCUT2D eigenvalue weighted by atomic mass is 35.5. The van der Waals surface area contributed by atoms with Crippen LogP contribution in [0, 0.1) is 4.77 Å². The van der Waals surface area contributed by atoms with E-state index in [-0.39, 0.29) is 0 Å². The maximum atomic E-state index is 6.32. The topological polar surface area (TPSA) is 64.3 Å². The summed E-state index contributed by atoms with van der Waals surface area (Å²) in [6.07, 6.45) is 0. The SMILES string of the molecule is S=c1[nH]nc(Cn2c3ccc(Cl)cc3c3nc4ccccc4nc32)n1-c1ccccc1. The monoisotopic (exact) mass is 442 g/mol. The highest BCUT2D eigenvalue weighted by molar-refractivity contribution is 7.71. The second kappa shape index (κ2) is 7.01. The van der Waals surface area contributed by atoms with Crippen molar-refractivity contribution in [2.45, 2.75) is 6.54 Å². The molecule has 0 saturated carbocycles. The zero-order valence-electron chi connectivity index (χ0n) is 16.2. The number of hydrogen-bond donors (Lipinski definition) is 1. The summed E-state index contributed by atoms with van der Waals surface area (Å²) in [4.78, 5) is 9.83. The molecule has 1 N–H and O–H groups in total. The van der Waals surface area contributed by atoms with Crippen LogP contribution >= 0.6 is 23.8 Å². The molecule has 31 heavy (non-hydrogen) atoms. The zero-order valence-corrected chi connectivity index (χ0v) is 17.7. The molecule has 3 aromatic carbocycles. The normalized spacial score (nSPS) is 11.6. The maximum Gasteiger partial charge on any atom is 0.199 e. The van der Waals surface area contributed by atoms with Crippen molar-refractivity contribution in [1.29, 1.82) is 0 Å². The Bertz CT molecular complexity index is 1650. The van der Waals surface area contributed by atoms with E-state index >= 15 is 0 Å². The fourth-order valence-corrected chi connectivity index (χ4v) is 4.42. The maximum absolute atomic E-state index is 6.32. The fraction of sp³-hybridized carbons (Fsp3) is 0.0435. The summed E-state index contributed by atoms with van der Waals surface area (Å²) >= 11 is 11.8. The van der Waals surface area contributed by atoms with Gasteiger partial charge in [0.2, 0.25) is 0 Å². The third-order valence-corrected chi connectivity index (χ3v) is 5.88. The molecule has 0 spiro atoms. The minimum absolute atomic E-state index is 0.469. The van der Waals surface area contributed by atoms with Crippen LogP contribution in [0.5, 0.6) is 0 Å². The molecule has 150 valence electrons. The van der Waals surface area contributed by atoms with Gasteiger partial charge in [0.25, 0.3) is 0 Å². The number of rotatable bonds is 3. The molecule has 0 amide bonds. The Morgan fingerprint density at radius 3 is 2.45 bits per heavy atom. The summed E-state index contributed by atoms with van der Waals surface area (Å²) in [5.41, 5.74) is 5.23. The molecule has 0 aliphatic rings. The molecule has 0 bridgehead atoms. The first kappa shape index (κ1) is 18.2. The first-order chi connectivity index (χ1) is 15.2. The summed E-state index contributed by atoms with van der Waals surface area (Å²) in [5, 5.41) is 9.06. The number of nitrogens with zero attached hydrogens (tertiary/aromatic N) is 5. The molecule has 0 aliphatic heterocycles. The number of hydrogen-bond acceptors (Lipinski definition) is 4. The quantitative estimate of drug-likeness (QED) is 0.358. The predicted molar refractivity (Wildman–Crippen MR) is 125 cm³/mol. The van der Waals surface area contributed by atoms with E-state index in [0.29, 0.717) is 16.3 Å². The van der Waals surface area contributed by atoms with Crippen molar-refractivity contribution in [2.75, 3.05) is 0 Å². The summed E-state index contributed by atoms with van der Waals surface area (Å²) in [6, 6.07) is 23.6. The van der Waals surface area contributed by atoms with Crippen LogP contribution in [0.1, 0.15) is 5.82 Å². The lowest BCUT2D eigenvalue weighted by Gasteiger charge is -2.09. The van der Waals surface area contributed by atoms with Crippen LogP contribution in [-0.2, 0) is 6.54 Å². The molecule has 6 aromatic rings. The van der Waals surface area contributed by atoms with Crippen LogP contribution in [0.4, 0.5) is 0 Å². The number of benzene rings is 3. The second-order valence-electron chi connectivity index (χ2n) is 7.25. The molecule has 0 fully saturated rings. The highest BCUT2D eigenvalue weighted by Crippen LogP contribution is 2.31. The van der Waals surface area contributed by atoms with E-state index in [1.165, 1.54) is 0 Å². The van der Waals surface area contributed by atoms with Gasteiger partial charge in [-0.05, 0) is 54.7 Å². The van der Waals surface area contributed by atoms with Gasteiger partial charge in [0.05, 0.1) is 23.1 Å². The number of halogens is 1. The summed E-state index contributed by atoms with van der Waals surface area (Å²) in [6.45, 7) is 0.469. The van der Waals surface area contributed by atoms with E-state index in [0.717, 1.165) is 44.6 Å². The van der Waals surface area contributed by atoms with E-state index in [9.17, 15) is 0 Å². The minimum Gasteiger partial charge on any atom is -0.316 e. The molecule has 0 aliphatic carbocycles. The minimum atomic E-state index is 0.469. The predicted octanol–water partition coefficient (Wildman–Crippen LogP) is 5.68. The number of aromatic nitrogens is 6. The van der Waals surface area contributed by atoms with Gasteiger partial charge < -0.3 is 4.57 Å². The molecule has 6 rings (SSSR count). The zero-order chi connectivity index (χ0) is 20.9. The first-order valence-electron chi connectivity index (χ1n) is 9.75. The number of nitrogens with one attached hydrogen (secondary N) is 1. The van der Waals surface area contributed by atoms with E-state index in [1.54, 1.807) is 0 Å². The van der Waals surface area contributed by atoms with Gasteiger partial charge in [-0.3, -0.25) is 9.67 Å². The Hall–Kier alpha value is -3.55. The van der Waals surface area contributed by atoms with E-state index in [4.69, 9.17) is 33.8 Å². The van der Waals surface area contributed by atoms with Crippen LogP contribution in [0.15, 0.2) is 72.8 Å². The van der Waals surface area contributed by atoms with Gasteiger partial charge in [0.15, 0.2) is 16.2 Å². The van der Waals surface area contributed by atoms with Crippen molar-refractivity contribution in [3.8, 4) is 5.69 Å². The smallest absolute Gasteiger partial charge is 0.199 e. The standard InChI is InChI=1S/C23H15ClN6S/c24-14-10-11-19-16(12-14)21-22(26-18-9-5-4-8-17(18)25-21)29(19)13-20-27-28-23(31)30(20)15-6-2-1-3-7-15/h1-12H,13H2,(H,28,31). The summed E-state index contributed by atoms with van der Waals surface area (Å²) < 4.78 is 4.60. The van der Waals surface area contributed by atoms with Crippen molar-refractivity contribution >= 4 is 56.9 Å². The van der Waals surface area contributed by atoms with Crippen LogP contribution in [0.2, 0.25) is 5.02 Å². The van der Waals surface area contributed by atoms with Gasteiger partial charge in [-0.25, -0.2) is 9.97 Å². The molecular weight excluding hydrogens is 428 g/mol. The third-order valence-electron chi connectivity index (χ3n) is 5.37. The molecule has 6 nitrogen and oxygen atoms in total. The van der Waals surface area contributed by atoms with Gasteiger partial charge >= 0.3 is 0 Å². The summed E-state index contributed by atoms with van der Waals surface area (Å²) in [7, 11) is 0. The molecule has 0 atom stereocenters. The third kappa shape index (κ3) is 2.93. The highest BCUT2D eigenvalue weighted by Gasteiger charge is 2.18. The van der Waals surface area contributed by atoms with Gasteiger partial charge in [0, 0.05) is 16.1 Å². The molecule has 8 heteroatoms. The van der Waals surface area contributed by atoms with E-state index in [1.807, 2.05) is 77.4 Å². The van der Waals surface area contributed by atoms with E-state index in [2.05, 4.69) is 14.8 Å². The van der Waals surface area contributed by atoms with Crippen LogP contribution in [-0.4, -0.2) is 29.3 Å². The Labute approximate surface area is 186 Å². The lowest BCUT2D eigenvalue weighted by atomic mass is 10.2. The lowest BCUT2D eigenvalue weighted by Crippen LogP contribution is -2.08. The van der Waals surface area contributed by atoms with Crippen molar-refractivity contribution in [3.63, 3.8) is 0 Å². The Morgan fingerprint density at radius 2 is 1.65 bits per heavy atom. The Morgan fingerprint density at radius 1 is 0.903 bits per heavy atom. The van der Waals surface area contributed by atoms with Crippen LogP contribution in [0.3, 0.4) is 0 Å². The number of H-pyrrole nitrogens is 1. The average molecular weight is 443 g/mol. The van der Waals surface area contributed by atoms with Gasteiger partial charge in [-0.1, -0.05) is 41.9 Å². The van der Waals surface area contributed by atoms with Crippen molar-refractivity contribution in [1.82, 2.24) is 29.3 Å². The number of para-hydroxylation sites is 3. The van der Waals surface area contributed by atoms with E-state index < -0.39 is 0 Å². The Kier molecular flexibility index (Phi) is 4.12. The van der Waals surface area contributed by atoms with Gasteiger partial charge in [-0.2, -0.15) is 5.10 Å². The van der Waals surface area contributed by atoms with Crippen molar-refractivity contribution < 1.29 is 0 Å². The number of fused-ring (bicyclic) bond motifs is 4. The number of aromatic amines is 1. The van der Waals surface area contributed by atoms with Crippen molar-refractivity contribution in [3.05, 3.63) is 88.4 Å². The van der Waals surface area contributed by atoms with Gasteiger partial charge in [0.1, 0.15) is 5.52 Å². The van der Waals surface area contributed by atoms with Gasteiger partial charge in [-0.15, -0.1) is 0 Å². The fourth-order valence-electron chi connectivity index (χ4n) is 3.99.